The maximum Gasteiger partial charge on any atom is 0.141 e. The lowest BCUT2D eigenvalue weighted by Crippen LogP contribution is -2.26. The van der Waals surface area contributed by atoms with Crippen LogP contribution in [0.3, 0.4) is 0 Å². The Morgan fingerprint density at radius 1 is 1.53 bits per heavy atom. The lowest BCUT2D eigenvalue weighted by atomic mass is 10.1. The van der Waals surface area contributed by atoms with Crippen LogP contribution in [0.2, 0.25) is 5.02 Å². The van der Waals surface area contributed by atoms with E-state index in [4.69, 9.17) is 16.3 Å². The van der Waals surface area contributed by atoms with Gasteiger partial charge in [0.2, 0.25) is 0 Å². The summed E-state index contributed by atoms with van der Waals surface area (Å²) in [7, 11) is 0. The monoisotopic (exact) mass is 229 g/mol. The van der Waals surface area contributed by atoms with Crippen LogP contribution in [0, 0.1) is 5.82 Å². The van der Waals surface area contributed by atoms with Crippen molar-refractivity contribution in [2.24, 2.45) is 0 Å². The highest BCUT2D eigenvalue weighted by Gasteiger charge is 2.23. The van der Waals surface area contributed by atoms with Crippen molar-refractivity contribution in [3.63, 3.8) is 0 Å². The molecule has 1 aliphatic heterocycles. The molecule has 1 aliphatic rings. The summed E-state index contributed by atoms with van der Waals surface area (Å²) in [6.45, 7) is 2.80. The summed E-state index contributed by atoms with van der Waals surface area (Å²) in [5.74, 6) is -0.391. The van der Waals surface area contributed by atoms with E-state index in [0.29, 0.717) is 0 Å². The van der Waals surface area contributed by atoms with E-state index in [2.05, 4.69) is 5.32 Å². The summed E-state index contributed by atoms with van der Waals surface area (Å²) in [6, 6.07) is 4.94. The molecule has 4 heteroatoms. The molecule has 1 aromatic carbocycles. The minimum Gasteiger partial charge on any atom is -0.380 e. The highest BCUT2D eigenvalue weighted by molar-refractivity contribution is 6.31. The lowest BCUT2D eigenvalue weighted by molar-refractivity contribution is 0.121. The Labute approximate surface area is 93.4 Å². The summed E-state index contributed by atoms with van der Waals surface area (Å²) in [5, 5.41) is 3.43. The van der Waals surface area contributed by atoms with Gasteiger partial charge in [-0.2, -0.15) is 0 Å². The number of hydrogen-bond acceptors (Lipinski definition) is 2. The van der Waals surface area contributed by atoms with Gasteiger partial charge >= 0.3 is 0 Å². The third-order valence-electron chi connectivity index (χ3n) is 2.65. The quantitative estimate of drug-likeness (QED) is 0.842. The largest absolute Gasteiger partial charge is 0.380 e. The van der Waals surface area contributed by atoms with Crippen LogP contribution in [0.15, 0.2) is 18.2 Å². The number of hydrogen-bond donors (Lipinski definition) is 1. The van der Waals surface area contributed by atoms with Crippen molar-refractivity contribution in [1.29, 1.82) is 0 Å². The number of benzene rings is 1. The van der Waals surface area contributed by atoms with Crippen LogP contribution in [-0.2, 0) is 4.74 Å². The molecule has 2 unspecified atom stereocenters. The van der Waals surface area contributed by atoms with Crippen molar-refractivity contribution in [2.45, 2.75) is 25.5 Å². The lowest BCUT2D eigenvalue weighted by Gasteiger charge is -2.17. The van der Waals surface area contributed by atoms with Crippen LogP contribution in [0.25, 0.3) is 0 Å². The van der Waals surface area contributed by atoms with Gasteiger partial charge in [0, 0.05) is 12.3 Å². The molecule has 0 amide bonds. The third kappa shape index (κ3) is 2.41. The molecular weight excluding hydrogens is 217 g/mol. The number of anilines is 1. The summed E-state index contributed by atoms with van der Waals surface area (Å²) < 4.78 is 18.3. The fourth-order valence-electron chi connectivity index (χ4n) is 1.72. The van der Waals surface area contributed by atoms with Crippen molar-refractivity contribution < 1.29 is 9.13 Å². The van der Waals surface area contributed by atoms with Gasteiger partial charge in [-0.3, -0.25) is 0 Å². The molecule has 2 nitrogen and oxygen atoms in total. The standard InChI is InChI=1S/C11H13ClFNO/c1-7-11(4-5-15-7)14-8-2-3-10(13)9(12)6-8/h2-3,6-7,11,14H,4-5H2,1H3. The molecule has 15 heavy (non-hydrogen) atoms. The first kappa shape index (κ1) is 10.7. The van der Waals surface area contributed by atoms with Gasteiger partial charge in [0.05, 0.1) is 17.2 Å². The molecule has 1 N–H and O–H groups in total. The Morgan fingerprint density at radius 3 is 2.93 bits per heavy atom. The average Bonchev–Trinajstić information content (AvgIpc) is 2.59. The first-order valence-electron chi connectivity index (χ1n) is 5.00. The van der Waals surface area contributed by atoms with Gasteiger partial charge in [0.1, 0.15) is 5.82 Å². The van der Waals surface area contributed by atoms with Crippen LogP contribution in [-0.4, -0.2) is 18.8 Å². The molecule has 1 saturated heterocycles. The summed E-state index contributed by atoms with van der Waals surface area (Å²) in [4.78, 5) is 0. The van der Waals surface area contributed by atoms with Gasteiger partial charge in [-0.25, -0.2) is 4.39 Å². The molecule has 0 saturated carbocycles. The van der Waals surface area contributed by atoms with Crippen LogP contribution in [0.5, 0.6) is 0 Å². The zero-order valence-corrected chi connectivity index (χ0v) is 9.22. The molecule has 82 valence electrons. The Bertz CT molecular complexity index is 358. The van der Waals surface area contributed by atoms with E-state index in [1.807, 2.05) is 6.92 Å². The molecule has 2 atom stereocenters. The predicted octanol–water partition coefficient (Wildman–Crippen LogP) is 3.07. The van der Waals surface area contributed by atoms with Crippen LogP contribution in [0.4, 0.5) is 10.1 Å². The predicted molar refractivity (Wildman–Crippen MR) is 58.9 cm³/mol. The van der Waals surface area contributed by atoms with E-state index in [9.17, 15) is 4.39 Å². The van der Waals surface area contributed by atoms with Gasteiger partial charge in [0.15, 0.2) is 0 Å². The van der Waals surface area contributed by atoms with Gasteiger partial charge < -0.3 is 10.1 Å². The van der Waals surface area contributed by atoms with Gasteiger partial charge in [-0.15, -0.1) is 0 Å². The molecule has 1 fully saturated rings. The SMILES string of the molecule is CC1OCCC1Nc1ccc(F)c(Cl)c1. The first-order chi connectivity index (χ1) is 7.16. The molecule has 0 radical (unpaired) electrons. The minimum absolute atomic E-state index is 0.145. The Hall–Kier alpha value is -0.800. The average molecular weight is 230 g/mol. The van der Waals surface area contributed by atoms with Gasteiger partial charge in [-0.05, 0) is 31.5 Å². The van der Waals surface area contributed by atoms with E-state index in [-0.39, 0.29) is 17.2 Å². The Morgan fingerprint density at radius 2 is 2.33 bits per heavy atom. The van der Waals surface area contributed by atoms with Crippen molar-refractivity contribution in [3.8, 4) is 0 Å². The topological polar surface area (TPSA) is 21.3 Å². The fraction of sp³-hybridized carbons (Fsp3) is 0.455. The second-order valence-electron chi connectivity index (χ2n) is 3.74. The Kier molecular flexibility index (Phi) is 3.12. The van der Waals surface area contributed by atoms with E-state index < -0.39 is 5.82 Å². The van der Waals surface area contributed by atoms with Gasteiger partial charge in [-0.1, -0.05) is 11.6 Å². The van der Waals surface area contributed by atoms with Crippen molar-refractivity contribution >= 4 is 17.3 Å². The van der Waals surface area contributed by atoms with E-state index in [1.165, 1.54) is 6.07 Å². The summed E-state index contributed by atoms with van der Waals surface area (Å²) in [5.41, 5.74) is 0.837. The second-order valence-corrected chi connectivity index (χ2v) is 4.15. The minimum atomic E-state index is -0.391. The third-order valence-corrected chi connectivity index (χ3v) is 2.94. The zero-order valence-electron chi connectivity index (χ0n) is 8.47. The molecule has 1 heterocycles. The zero-order chi connectivity index (χ0) is 10.8. The number of nitrogens with one attached hydrogen (secondary N) is 1. The van der Waals surface area contributed by atoms with E-state index >= 15 is 0 Å². The smallest absolute Gasteiger partial charge is 0.141 e. The Balaban J connectivity index is 2.07. The molecule has 1 aromatic rings. The van der Waals surface area contributed by atoms with Gasteiger partial charge in [0.25, 0.3) is 0 Å². The fourth-order valence-corrected chi connectivity index (χ4v) is 1.90. The number of rotatable bonds is 2. The molecule has 0 aromatic heterocycles. The molecule has 0 bridgehead atoms. The van der Waals surface area contributed by atoms with E-state index in [1.54, 1.807) is 12.1 Å². The summed E-state index contributed by atoms with van der Waals surface area (Å²) >= 11 is 5.69. The van der Waals surface area contributed by atoms with Crippen LogP contribution < -0.4 is 5.32 Å². The normalized spacial score (nSPS) is 25.5. The highest BCUT2D eigenvalue weighted by Crippen LogP contribution is 2.23. The van der Waals surface area contributed by atoms with Crippen molar-refractivity contribution in [1.82, 2.24) is 0 Å². The van der Waals surface area contributed by atoms with E-state index in [0.717, 1.165) is 18.7 Å². The maximum atomic E-state index is 12.9. The first-order valence-corrected chi connectivity index (χ1v) is 5.38. The second kappa shape index (κ2) is 4.37. The molecule has 0 aliphatic carbocycles. The van der Waals surface area contributed by atoms with Crippen LogP contribution >= 0.6 is 11.6 Å². The van der Waals surface area contributed by atoms with Crippen LogP contribution in [0.1, 0.15) is 13.3 Å². The number of ether oxygens (including phenoxy) is 1. The maximum absolute atomic E-state index is 12.9. The molecule has 2 rings (SSSR count). The number of halogens is 2. The summed E-state index contributed by atoms with van der Waals surface area (Å²) in [6.07, 6.45) is 1.16. The molecule has 0 spiro atoms. The van der Waals surface area contributed by atoms with Crippen molar-refractivity contribution in [2.75, 3.05) is 11.9 Å². The highest BCUT2D eigenvalue weighted by atomic mass is 35.5. The van der Waals surface area contributed by atoms with Crippen molar-refractivity contribution in [3.05, 3.63) is 29.0 Å². The molecular formula is C11H13ClFNO.